The van der Waals surface area contributed by atoms with Crippen LogP contribution in [-0.2, 0) is 17.8 Å². The minimum Gasteiger partial charge on any atom is -0.328 e. The van der Waals surface area contributed by atoms with Gasteiger partial charge in [-0.3, -0.25) is 4.79 Å². The molecule has 108 valence electrons. The van der Waals surface area contributed by atoms with Gasteiger partial charge in [0, 0.05) is 6.54 Å². The minimum atomic E-state index is -0.389. The van der Waals surface area contributed by atoms with Gasteiger partial charge in [-0.15, -0.1) is 0 Å². The van der Waals surface area contributed by atoms with Gasteiger partial charge in [0.15, 0.2) is 5.78 Å². The molecule has 0 aliphatic carbocycles. The van der Waals surface area contributed by atoms with E-state index in [4.69, 9.17) is 5.73 Å². The smallest absolute Gasteiger partial charge is 0.157 e. The maximum atomic E-state index is 12.2. The van der Waals surface area contributed by atoms with Gasteiger partial charge in [0.05, 0.1) is 23.5 Å². The van der Waals surface area contributed by atoms with E-state index in [1.165, 1.54) is 0 Å². The fourth-order valence-electron chi connectivity index (χ4n) is 2.54. The van der Waals surface area contributed by atoms with Crippen molar-refractivity contribution in [1.82, 2.24) is 9.55 Å². The summed E-state index contributed by atoms with van der Waals surface area (Å²) in [4.78, 5) is 16.8. The molecule has 4 nitrogen and oxygen atoms in total. The number of ketones is 1. The number of imidazole rings is 1. The van der Waals surface area contributed by atoms with E-state index < -0.39 is 0 Å². The van der Waals surface area contributed by atoms with Gasteiger partial charge in [0.2, 0.25) is 0 Å². The molecule has 1 atom stereocenters. The first-order chi connectivity index (χ1) is 9.52. The van der Waals surface area contributed by atoms with Crippen LogP contribution in [0.5, 0.6) is 0 Å². The fourth-order valence-corrected chi connectivity index (χ4v) is 2.54. The number of hydrogen-bond acceptors (Lipinski definition) is 3. The zero-order valence-corrected chi connectivity index (χ0v) is 12.5. The number of nitrogens with two attached hydrogens (primary N) is 1. The van der Waals surface area contributed by atoms with Crippen molar-refractivity contribution >= 4 is 16.8 Å². The van der Waals surface area contributed by atoms with Gasteiger partial charge in [0.25, 0.3) is 0 Å². The van der Waals surface area contributed by atoms with Crippen LogP contribution in [0.2, 0.25) is 0 Å². The zero-order valence-electron chi connectivity index (χ0n) is 12.5. The molecule has 0 spiro atoms. The van der Waals surface area contributed by atoms with Crippen LogP contribution in [0, 0.1) is 5.92 Å². The van der Waals surface area contributed by atoms with E-state index in [9.17, 15) is 4.79 Å². The lowest BCUT2D eigenvalue weighted by Crippen LogP contribution is -2.33. The lowest BCUT2D eigenvalue weighted by molar-refractivity contribution is -0.120. The highest BCUT2D eigenvalue weighted by Gasteiger charge is 2.19. The minimum absolute atomic E-state index is 0.0729. The molecule has 1 aromatic carbocycles. The lowest BCUT2D eigenvalue weighted by Gasteiger charge is -2.13. The van der Waals surface area contributed by atoms with Crippen molar-refractivity contribution in [1.29, 1.82) is 0 Å². The number of benzene rings is 1. The van der Waals surface area contributed by atoms with Gasteiger partial charge in [-0.2, -0.15) is 0 Å². The summed E-state index contributed by atoms with van der Waals surface area (Å²) >= 11 is 0. The molecule has 4 heteroatoms. The number of carbonyl (C=O) groups excluding carboxylic acids is 1. The standard InChI is InChI=1S/C16H23N3O/c1-4-19-14-8-6-5-7-13(14)18-16(19)10-15(20)12(17)9-11(2)3/h5-8,11-12H,4,9-10,17H2,1-3H3. The van der Waals surface area contributed by atoms with Gasteiger partial charge < -0.3 is 10.3 Å². The third kappa shape index (κ3) is 3.07. The van der Waals surface area contributed by atoms with Gasteiger partial charge in [0.1, 0.15) is 5.82 Å². The van der Waals surface area contributed by atoms with Gasteiger partial charge in [-0.25, -0.2) is 4.98 Å². The van der Waals surface area contributed by atoms with Crippen LogP contribution < -0.4 is 5.73 Å². The molecule has 0 saturated heterocycles. The van der Waals surface area contributed by atoms with E-state index in [1.54, 1.807) is 0 Å². The molecule has 2 N–H and O–H groups in total. The number of carbonyl (C=O) groups is 1. The predicted molar refractivity (Wildman–Crippen MR) is 81.5 cm³/mol. The molecule has 1 unspecified atom stereocenters. The Hall–Kier alpha value is -1.68. The van der Waals surface area contributed by atoms with Crippen LogP contribution in [0.1, 0.15) is 33.0 Å². The van der Waals surface area contributed by atoms with Crippen LogP contribution in [0.3, 0.4) is 0 Å². The van der Waals surface area contributed by atoms with Crippen molar-refractivity contribution in [2.45, 2.75) is 46.2 Å². The molecule has 0 aliphatic heterocycles. The van der Waals surface area contributed by atoms with Crippen LogP contribution in [0.4, 0.5) is 0 Å². The van der Waals surface area contributed by atoms with Crippen LogP contribution in [0.15, 0.2) is 24.3 Å². The Morgan fingerprint density at radius 3 is 2.70 bits per heavy atom. The van der Waals surface area contributed by atoms with E-state index in [2.05, 4.69) is 30.3 Å². The largest absolute Gasteiger partial charge is 0.328 e. The first-order valence-electron chi connectivity index (χ1n) is 7.25. The number of aryl methyl sites for hydroxylation is 1. The van der Waals surface area contributed by atoms with E-state index in [1.807, 2.05) is 24.3 Å². The van der Waals surface area contributed by atoms with E-state index in [0.29, 0.717) is 12.3 Å². The first-order valence-corrected chi connectivity index (χ1v) is 7.25. The molecule has 0 aliphatic rings. The van der Waals surface area contributed by atoms with E-state index in [-0.39, 0.29) is 11.8 Å². The van der Waals surface area contributed by atoms with Crippen LogP contribution in [-0.4, -0.2) is 21.4 Å². The van der Waals surface area contributed by atoms with Crippen molar-refractivity contribution in [3.05, 3.63) is 30.1 Å². The summed E-state index contributed by atoms with van der Waals surface area (Å²) in [5.74, 6) is 1.32. The summed E-state index contributed by atoms with van der Waals surface area (Å²) in [6.07, 6.45) is 1.04. The number of Topliss-reactive ketones (excluding diaryl/α,β-unsaturated/α-hetero) is 1. The van der Waals surface area contributed by atoms with Crippen molar-refractivity contribution in [3.8, 4) is 0 Å². The zero-order chi connectivity index (χ0) is 14.7. The third-order valence-corrected chi connectivity index (χ3v) is 3.52. The molecule has 0 radical (unpaired) electrons. The summed E-state index contributed by atoms with van der Waals surface area (Å²) in [7, 11) is 0. The lowest BCUT2D eigenvalue weighted by atomic mass is 9.99. The van der Waals surface area contributed by atoms with E-state index >= 15 is 0 Å². The Balaban J connectivity index is 2.23. The Labute approximate surface area is 120 Å². The summed E-state index contributed by atoms with van der Waals surface area (Å²) in [6, 6.07) is 7.58. The molecular weight excluding hydrogens is 250 g/mol. The Morgan fingerprint density at radius 1 is 1.35 bits per heavy atom. The third-order valence-electron chi connectivity index (χ3n) is 3.52. The average molecular weight is 273 g/mol. The normalized spacial score (nSPS) is 13.1. The Kier molecular flexibility index (Phi) is 4.55. The second kappa shape index (κ2) is 6.18. The highest BCUT2D eigenvalue weighted by molar-refractivity contribution is 5.86. The second-order valence-electron chi connectivity index (χ2n) is 5.64. The van der Waals surface area contributed by atoms with Crippen molar-refractivity contribution in [2.75, 3.05) is 0 Å². The van der Waals surface area contributed by atoms with Gasteiger partial charge in [-0.1, -0.05) is 26.0 Å². The maximum Gasteiger partial charge on any atom is 0.157 e. The maximum absolute atomic E-state index is 12.2. The monoisotopic (exact) mass is 273 g/mol. The molecular formula is C16H23N3O. The van der Waals surface area contributed by atoms with Crippen molar-refractivity contribution in [2.24, 2.45) is 11.7 Å². The molecule has 0 saturated carbocycles. The molecule has 2 rings (SSSR count). The van der Waals surface area contributed by atoms with Gasteiger partial charge >= 0.3 is 0 Å². The van der Waals surface area contributed by atoms with E-state index in [0.717, 1.165) is 29.8 Å². The molecule has 2 aromatic rings. The molecule has 1 aromatic heterocycles. The second-order valence-corrected chi connectivity index (χ2v) is 5.64. The number of nitrogens with zero attached hydrogens (tertiary/aromatic N) is 2. The first kappa shape index (κ1) is 14.7. The predicted octanol–water partition coefficient (Wildman–Crippen LogP) is 2.54. The molecule has 0 fully saturated rings. The number of para-hydroxylation sites is 2. The summed E-state index contributed by atoms with van der Waals surface area (Å²) in [6.45, 7) is 7.03. The number of fused-ring (bicyclic) bond motifs is 1. The summed E-state index contributed by atoms with van der Waals surface area (Å²) < 4.78 is 2.09. The highest BCUT2D eigenvalue weighted by Crippen LogP contribution is 2.17. The molecule has 0 bridgehead atoms. The summed E-state index contributed by atoms with van der Waals surface area (Å²) in [5.41, 5.74) is 7.98. The van der Waals surface area contributed by atoms with Crippen molar-refractivity contribution in [3.63, 3.8) is 0 Å². The number of rotatable bonds is 6. The Morgan fingerprint density at radius 2 is 2.05 bits per heavy atom. The molecule has 20 heavy (non-hydrogen) atoms. The average Bonchev–Trinajstić information content (AvgIpc) is 2.74. The SMILES string of the molecule is CCn1c(CC(=O)C(N)CC(C)C)nc2ccccc21. The van der Waals surface area contributed by atoms with Crippen LogP contribution in [0.25, 0.3) is 11.0 Å². The topological polar surface area (TPSA) is 60.9 Å². The van der Waals surface area contributed by atoms with Crippen LogP contribution >= 0.6 is 0 Å². The fraction of sp³-hybridized carbons (Fsp3) is 0.500. The quantitative estimate of drug-likeness (QED) is 0.879. The van der Waals surface area contributed by atoms with Crippen molar-refractivity contribution < 1.29 is 4.79 Å². The molecule has 1 heterocycles. The number of hydrogen-bond donors (Lipinski definition) is 1. The highest BCUT2D eigenvalue weighted by atomic mass is 16.1. The Bertz CT molecular complexity index is 601. The summed E-state index contributed by atoms with van der Waals surface area (Å²) in [5, 5.41) is 0. The molecule has 0 amide bonds. The number of aromatic nitrogens is 2. The van der Waals surface area contributed by atoms with Gasteiger partial charge in [-0.05, 0) is 31.4 Å².